The summed E-state index contributed by atoms with van der Waals surface area (Å²) in [7, 11) is 0. The highest BCUT2D eigenvalue weighted by Gasteiger charge is 2.28. The zero-order valence-corrected chi connectivity index (χ0v) is 20.5. The zero-order valence-electron chi connectivity index (χ0n) is 20.5. The van der Waals surface area contributed by atoms with Crippen molar-refractivity contribution in [3.63, 3.8) is 0 Å². The van der Waals surface area contributed by atoms with Crippen LogP contribution in [0.1, 0.15) is 22.6 Å². The van der Waals surface area contributed by atoms with E-state index in [2.05, 4.69) is 48.5 Å². The minimum atomic E-state index is 0.0864. The number of para-hydroxylation sites is 2. The first-order valence-electron chi connectivity index (χ1n) is 12.7. The summed E-state index contributed by atoms with van der Waals surface area (Å²) in [5.74, 6) is 3.85. The van der Waals surface area contributed by atoms with Crippen LogP contribution in [0.3, 0.4) is 0 Å². The third-order valence-corrected chi connectivity index (χ3v) is 6.88. The first-order valence-corrected chi connectivity index (χ1v) is 12.7. The Hall–Kier alpha value is -5.09. The molecule has 0 atom stereocenters. The predicted molar refractivity (Wildman–Crippen MR) is 150 cm³/mol. The van der Waals surface area contributed by atoms with Crippen LogP contribution < -0.4 is 4.74 Å². The first kappa shape index (κ1) is 22.1. The predicted octanol–water partition coefficient (Wildman–Crippen LogP) is 8.16. The Morgan fingerprint density at radius 3 is 1.26 bits per heavy atom. The van der Waals surface area contributed by atoms with Crippen LogP contribution in [-0.4, -0.2) is 15.0 Å². The number of nitrogens with zero attached hydrogens (tertiary/aromatic N) is 3. The van der Waals surface area contributed by atoms with Gasteiger partial charge in [0.15, 0.2) is 17.5 Å². The summed E-state index contributed by atoms with van der Waals surface area (Å²) in [4.78, 5) is 14.5. The van der Waals surface area contributed by atoms with E-state index in [9.17, 15) is 0 Å². The van der Waals surface area contributed by atoms with Gasteiger partial charge in [-0.2, -0.15) is 0 Å². The lowest BCUT2D eigenvalue weighted by molar-refractivity contribution is 0.453. The summed E-state index contributed by atoms with van der Waals surface area (Å²) >= 11 is 0. The van der Waals surface area contributed by atoms with Crippen LogP contribution >= 0.6 is 0 Å². The minimum Gasteiger partial charge on any atom is -0.457 e. The highest BCUT2D eigenvalue weighted by molar-refractivity contribution is 5.67. The van der Waals surface area contributed by atoms with Crippen molar-refractivity contribution in [1.82, 2.24) is 15.0 Å². The maximum absolute atomic E-state index is 6.21. The Labute approximate surface area is 221 Å². The van der Waals surface area contributed by atoms with Crippen molar-refractivity contribution in [2.75, 3.05) is 0 Å². The number of fused-ring (bicyclic) bond motifs is 2. The van der Waals surface area contributed by atoms with Gasteiger partial charge in [0.05, 0.1) is 0 Å². The van der Waals surface area contributed by atoms with Crippen LogP contribution in [0.5, 0.6) is 11.5 Å². The van der Waals surface area contributed by atoms with Gasteiger partial charge in [0, 0.05) is 33.7 Å². The number of ether oxygens (including phenoxy) is 1. The van der Waals surface area contributed by atoms with Crippen molar-refractivity contribution in [2.24, 2.45) is 0 Å². The van der Waals surface area contributed by atoms with Crippen LogP contribution in [0.2, 0.25) is 0 Å². The zero-order chi connectivity index (χ0) is 25.3. The molecule has 4 heteroatoms. The standard InChI is InChI=1S/C34H23N3O/c1-3-11-24(12-4-1)32-35-33(25-13-5-2-6-14-25)37-34(36-32)26-21-19-23(20-22-26)31-27-15-7-9-17-29(27)38-30-18-10-8-16-28(30)31/h1-22,31H. The Morgan fingerprint density at radius 2 is 0.789 bits per heavy atom. The number of aromatic nitrogens is 3. The van der Waals surface area contributed by atoms with Crippen LogP contribution in [0.15, 0.2) is 133 Å². The molecule has 1 aromatic heterocycles. The molecule has 5 aromatic carbocycles. The van der Waals surface area contributed by atoms with E-state index in [0.29, 0.717) is 17.5 Å². The highest BCUT2D eigenvalue weighted by Crippen LogP contribution is 2.47. The van der Waals surface area contributed by atoms with Crippen LogP contribution in [0.4, 0.5) is 0 Å². The fourth-order valence-corrected chi connectivity index (χ4v) is 5.03. The third kappa shape index (κ3) is 4.02. The van der Waals surface area contributed by atoms with E-state index in [1.807, 2.05) is 84.9 Å². The van der Waals surface area contributed by atoms with E-state index < -0.39 is 0 Å². The SMILES string of the molecule is c1ccc(-c2nc(-c3ccccc3)nc(-c3ccc(C4c5ccccc5Oc5ccccc54)cc3)n2)cc1. The van der Waals surface area contributed by atoms with Gasteiger partial charge in [-0.25, -0.2) is 15.0 Å². The Morgan fingerprint density at radius 1 is 0.395 bits per heavy atom. The lowest BCUT2D eigenvalue weighted by Gasteiger charge is -2.28. The van der Waals surface area contributed by atoms with Gasteiger partial charge >= 0.3 is 0 Å². The van der Waals surface area contributed by atoms with Crippen molar-refractivity contribution >= 4 is 0 Å². The lowest BCUT2D eigenvalue weighted by Crippen LogP contribution is -2.11. The molecule has 0 N–H and O–H groups in total. The first-order chi connectivity index (χ1) is 18.8. The van der Waals surface area contributed by atoms with Crippen molar-refractivity contribution in [3.05, 3.63) is 150 Å². The van der Waals surface area contributed by atoms with Gasteiger partial charge in [-0.1, -0.05) is 121 Å². The number of hydrogen-bond donors (Lipinski definition) is 0. The molecule has 7 rings (SSSR count). The van der Waals surface area contributed by atoms with Gasteiger partial charge in [0.1, 0.15) is 11.5 Å². The molecule has 2 heterocycles. The average molecular weight is 490 g/mol. The molecule has 0 amide bonds. The molecular weight excluding hydrogens is 466 g/mol. The number of rotatable bonds is 4. The molecule has 180 valence electrons. The molecule has 6 aromatic rings. The summed E-state index contributed by atoms with van der Waals surface area (Å²) < 4.78 is 6.21. The summed E-state index contributed by atoms with van der Waals surface area (Å²) in [5.41, 5.74) is 6.38. The van der Waals surface area contributed by atoms with Crippen molar-refractivity contribution in [3.8, 4) is 45.7 Å². The fourth-order valence-electron chi connectivity index (χ4n) is 5.03. The molecular formula is C34H23N3O. The Kier molecular flexibility index (Phi) is 5.48. The van der Waals surface area contributed by atoms with Crippen molar-refractivity contribution < 1.29 is 4.74 Å². The maximum Gasteiger partial charge on any atom is 0.164 e. The van der Waals surface area contributed by atoms with Crippen LogP contribution in [0, 0.1) is 0 Å². The smallest absolute Gasteiger partial charge is 0.164 e. The van der Waals surface area contributed by atoms with Gasteiger partial charge < -0.3 is 4.74 Å². The maximum atomic E-state index is 6.21. The molecule has 1 aliphatic heterocycles. The van der Waals surface area contributed by atoms with E-state index in [4.69, 9.17) is 19.7 Å². The van der Waals surface area contributed by atoms with Crippen molar-refractivity contribution in [1.29, 1.82) is 0 Å². The lowest BCUT2D eigenvalue weighted by atomic mass is 9.82. The summed E-state index contributed by atoms with van der Waals surface area (Å²) in [5, 5.41) is 0. The minimum absolute atomic E-state index is 0.0864. The molecule has 0 bridgehead atoms. The van der Waals surface area contributed by atoms with Gasteiger partial charge in [0.2, 0.25) is 0 Å². The monoisotopic (exact) mass is 489 g/mol. The van der Waals surface area contributed by atoms with Crippen LogP contribution in [0.25, 0.3) is 34.2 Å². The molecule has 38 heavy (non-hydrogen) atoms. The normalized spacial score (nSPS) is 12.3. The molecule has 0 spiro atoms. The van der Waals surface area contributed by atoms with E-state index >= 15 is 0 Å². The average Bonchev–Trinajstić information content (AvgIpc) is 3.00. The summed E-state index contributed by atoms with van der Waals surface area (Å²) in [6.45, 7) is 0. The molecule has 0 aliphatic carbocycles. The number of benzene rings is 5. The van der Waals surface area contributed by atoms with Gasteiger partial charge in [-0.05, 0) is 17.7 Å². The van der Waals surface area contributed by atoms with E-state index in [1.54, 1.807) is 0 Å². The molecule has 0 saturated carbocycles. The van der Waals surface area contributed by atoms with E-state index in [0.717, 1.165) is 39.3 Å². The molecule has 0 radical (unpaired) electrons. The second kappa shape index (κ2) is 9.41. The number of hydrogen-bond acceptors (Lipinski definition) is 4. The topological polar surface area (TPSA) is 47.9 Å². The molecule has 1 aliphatic rings. The van der Waals surface area contributed by atoms with Gasteiger partial charge in [-0.3, -0.25) is 0 Å². The third-order valence-electron chi connectivity index (χ3n) is 6.88. The molecule has 4 nitrogen and oxygen atoms in total. The largest absolute Gasteiger partial charge is 0.457 e. The van der Waals surface area contributed by atoms with Gasteiger partial charge in [-0.15, -0.1) is 0 Å². The molecule has 0 fully saturated rings. The quantitative estimate of drug-likeness (QED) is 0.250. The fraction of sp³-hybridized carbons (Fsp3) is 0.0294. The Balaban J connectivity index is 1.32. The van der Waals surface area contributed by atoms with Crippen LogP contribution in [-0.2, 0) is 0 Å². The molecule has 0 unspecified atom stereocenters. The Bertz CT molecular complexity index is 1630. The van der Waals surface area contributed by atoms with Gasteiger partial charge in [0.25, 0.3) is 0 Å². The summed E-state index contributed by atoms with van der Waals surface area (Å²) in [6.07, 6.45) is 0. The van der Waals surface area contributed by atoms with Crippen molar-refractivity contribution in [2.45, 2.75) is 5.92 Å². The second-order valence-electron chi connectivity index (χ2n) is 9.27. The second-order valence-corrected chi connectivity index (χ2v) is 9.27. The summed E-state index contributed by atoms with van der Waals surface area (Å²) in [6, 6.07) is 45.2. The van der Waals surface area contributed by atoms with E-state index in [-0.39, 0.29) is 5.92 Å². The molecule has 0 saturated heterocycles. The van der Waals surface area contributed by atoms with E-state index in [1.165, 1.54) is 5.56 Å². The highest BCUT2D eigenvalue weighted by atomic mass is 16.5.